The van der Waals surface area contributed by atoms with Gasteiger partial charge in [-0.3, -0.25) is 0 Å². The molecule has 2 aromatic rings. The minimum atomic E-state index is -0.851. The number of hydrogen-bond donors (Lipinski definition) is 1. The summed E-state index contributed by atoms with van der Waals surface area (Å²) in [5, 5.41) is 10.2. The van der Waals surface area contributed by atoms with Crippen molar-refractivity contribution >= 4 is 23.3 Å². The van der Waals surface area contributed by atoms with E-state index < -0.39 is 5.97 Å². The maximum atomic E-state index is 11.5. The molecule has 2 aliphatic heterocycles. The smallest absolute Gasteiger partial charge is 0.337 e. The molecule has 0 atom stereocenters. The van der Waals surface area contributed by atoms with E-state index in [0.717, 1.165) is 74.9 Å². The van der Waals surface area contributed by atoms with Crippen molar-refractivity contribution in [1.82, 2.24) is 4.90 Å². The molecule has 0 aromatic heterocycles. The highest BCUT2D eigenvalue weighted by atomic mass is 35.5. The molecular weight excluding hydrogens is 400 g/mol. The molecule has 6 heteroatoms. The summed E-state index contributed by atoms with van der Waals surface area (Å²) >= 11 is 5.94. The lowest BCUT2D eigenvalue weighted by molar-refractivity contribution is 0.0697. The van der Waals surface area contributed by atoms with Crippen LogP contribution in [0, 0.1) is 5.92 Å². The van der Waals surface area contributed by atoms with Crippen LogP contribution < -0.4 is 9.64 Å². The number of hydrogen-bond acceptors (Lipinski definition) is 4. The van der Waals surface area contributed by atoms with Gasteiger partial charge in [0.1, 0.15) is 11.9 Å². The fourth-order valence-corrected chi connectivity index (χ4v) is 4.69. The fourth-order valence-electron chi connectivity index (χ4n) is 4.57. The van der Waals surface area contributed by atoms with E-state index >= 15 is 0 Å². The van der Waals surface area contributed by atoms with Crippen molar-refractivity contribution in [1.29, 1.82) is 0 Å². The maximum absolute atomic E-state index is 11.5. The largest absolute Gasteiger partial charge is 0.490 e. The number of piperidine rings is 2. The Labute approximate surface area is 183 Å². The average Bonchev–Trinajstić information content (AvgIpc) is 2.77. The van der Waals surface area contributed by atoms with E-state index in [4.69, 9.17) is 16.3 Å². The molecule has 30 heavy (non-hydrogen) atoms. The molecule has 0 radical (unpaired) electrons. The van der Waals surface area contributed by atoms with Gasteiger partial charge < -0.3 is 19.6 Å². The summed E-state index contributed by atoms with van der Waals surface area (Å²) in [5.74, 6) is 0.718. The van der Waals surface area contributed by atoms with Gasteiger partial charge in [-0.2, -0.15) is 0 Å². The number of ether oxygens (including phenoxy) is 1. The lowest BCUT2D eigenvalue weighted by atomic mass is 9.94. The quantitative estimate of drug-likeness (QED) is 0.716. The van der Waals surface area contributed by atoms with E-state index in [1.54, 1.807) is 12.1 Å². The van der Waals surface area contributed by atoms with E-state index in [1.165, 1.54) is 0 Å². The van der Waals surface area contributed by atoms with Crippen LogP contribution in [0.3, 0.4) is 0 Å². The van der Waals surface area contributed by atoms with Crippen LogP contribution in [-0.4, -0.2) is 54.8 Å². The monoisotopic (exact) mass is 428 g/mol. The van der Waals surface area contributed by atoms with Crippen LogP contribution in [0.15, 0.2) is 48.5 Å². The van der Waals surface area contributed by atoms with Gasteiger partial charge in [0.2, 0.25) is 0 Å². The van der Waals surface area contributed by atoms with Crippen LogP contribution in [-0.2, 0) is 0 Å². The van der Waals surface area contributed by atoms with Crippen molar-refractivity contribution in [2.24, 2.45) is 5.92 Å². The molecular formula is C24H29ClN2O3. The van der Waals surface area contributed by atoms with E-state index in [0.29, 0.717) is 11.5 Å². The highest BCUT2D eigenvalue weighted by molar-refractivity contribution is 6.30. The molecule has 0 unspecified atom stereocenters. The molecule has 5 nitrogen and oxygen atoms in total. The first kappa shape index (κ1) is 21.0. The lowest BCUT2D eigenvalue weighted by Crippen LogP contribution is -2.43. The van der Waals surface area contributed by atoms with Crippen molar-refractivity contribution in [2.75, 3.05) is 37.6 Å². The second kappa shape index (κ2) is 9.71. The molecule has 2 heterocycles. The van der Waals surface area contributed by atoms with Gasteiger partial charge in [0.15, 0.2) is 0 Å². The second-order valence-electron chi connectivity index (χ2n) is 8.32. The fraction of sp³-hybridized carbons (Fsp3) is 0.458. The minimum Gasteiger partial charge on any atom is -0.490 e. The summed E-state index contributed by atoms with van der Waals surface area (Å²) in [6.45, 7) is 5.11. The van der Waals surface area contributed by atoms with Gasteiger partial charge in [0, 0.05) is 37.7 Å². The summed E-state index contributed by atoms with van der Waals surface area (Å²) in [4.78, 5) is 16.3. The van der Waals surface area contributed by atoms with Crippen molar-refractivity contribution in [3.8, 4) is 5.75 Å². The van der Waals surface area contributed by atoms with Gasteiger partial charge in [-0.15, -0.1) is 0 Å². The molecule has 0 saturated carbocycles. The summed E-state index contributed by atoms with van der Waals surface area (Å²) in [6, 6.07) is 14.9. The Balaban J connectivity index is 1.22. The minimum absolute atomic E-state index is 0.275. The van der Waals surface area contributed by atoms with Gasteiger partial charge in [-0.05, 0) is 68.0 Å². The second-order valence-corrected chi connectivity index (χ2v) is 8.76. The molecule has 2 saturated heterocycles. The van der Waals surface area contributed by atoms with Gasteiger partial charge in [-0.1, -0.05) is 23.7 Å². The Morgan fingerprint density at radius 2 is 1.63 bits per heavy atom. The van der Waals surface area contributed by atoms with E-state index in [1.807, 2.05) is 36.4 Å². The molecule has 2 fully saturated rings. The standard InChI is InChI=1S/C24H29ClN2O3/c25-19-5-7-20(8-6-19)30-21-11-13-26(14-12-21)17-18-9-15-27(16-10-18)23-4-2-1-3-22(23)24(28)29/h1-8,18,21H,9-17H2,(H,28,29). The van der Waals surface area contributed by atoms with Gasteiger partial charge in [0.05, 0.1) is 11.3 Å². The first-order valence-corrected chi connectivity index (χ1v) is 11.2. The molecule has 0 amide bonds. The van der Waals surface area contributed by atoms with Crippen LogP contribution in [0.1, 0.15) is 36.0 Å². The van der Waals surface area contributed by atoms with Crippen molar-refractivity contribution in [3.05, 3.63) is 59.1 Å². The Morgan fingerprint density at radius 3 is 2.30 bits per heavy atom. The third-order valence-corrected chi connectivity index (χ3v) is 6.51. The maximum Gasteiger partial charge on any atom is 0.337 e. The number of aromatic carboxylic acids is 1. The zero-order valence-electron chi connectivity index (χ0n) is 17.2. The van der Waals surface area contributed by atoms with E-state index in [9.17, 15) is 9.90 Å². The zero-order chi connectivity index (χ0) is 20.9. The number of halogens is 1. The van der Waals surface area contributed by atoms with Crippen LogP contribution in [0.4, 0.5) is 5.69 Å². The zero-order valence-corrected chi connectivity index (χ0v) is 17.9. The third kappa shape index (κ3) is 5.27. The van der Waals surface area contributed by atoms with E-state index in [2.05, 4.69) is 9.80 Å². The molecule has 0 spiro atoms. The summed E-state index contributed by atoms with van der Waals surface area (Å²) in [7, 11) is 0. The van der Waals surface area contributed by atoms with Crippen molar-refractivity contribution < 1.29 is 14.6 Å². The van der Waals surface area contributed by atoms with Gasteiger partial charge in [-0.25, -0.2) is 4.79 Å². The Kier molecular flexibility index (Phi) is 6.80. The number of carbonyl (C=O) groups is 1. The number of carboxylic acid groups (broad SMARTS) is 1. The molecule has 160 valence electrons. The average molecular weight is 429 g/mol. The van der Waals surface area contributed by atoms with Crippen molar-refractivity contribution in [2.45, 2.75) is 31.8 Å². The first-order chi connectivity index (χ1) is 14.6. The summed E-state index contributed by atoms with van der Waals surface area (Å²) < 4.78 is 6.10. The number of carboxylic acids is 1. The Hall–Kier alpha value is -2.24. The molecule has 2 aliphatic rings. The number of likely N-dealkylation sites (tertiary alicyclic amines) is 1. The third-order valence-electron chi connectivity index (χ3n) is 6.26. The number of rotatable bonds is 6. The van der Waals surface area contributed by atoms with Crippen LogP contribution in [0.2, 0.25) is 5.02 Å². The Bertz CT molecular complexity index is 842. The number of benzene rings is 2. The number of anilines is 1. The van der Waals surface area contributed by atoms with Crippen LogP contribution >= 0.6 is 11.6 Å². The highest BCUT2D eigenvalue weighted by Gasteiger charge is 2.26. The predicted molar refractivity (Wildman–Crippen MR) is 120 cm³/mol. The molecule has 1 N–H and O–H groups in total. The highest BCUT2D eigenvalue weighted by Crippen LogP contribution is 2.28. The molecule has 2 aromatic carbocycles. The lowest BCUT2D eigenvalue weighted by Gasteiger charge is -2.38. The first-order valence-electron chi connectivity index (χ1n) is 10.8. The van der Waals surface area contributed by atoms with Crippen molar-refractivity contribution in [3.63, 3.8) is 0 Å². The normalized spacial score (nSPS) is 19.0. The Morgan fingerprint density at radius 1 is 0.967 bits per heavy atom. The number of para-hydroxylation sites is 1. The molecule has 0 aliphatic carbocycles. The summed E-state index contributed by atoms with van der Waals surface area (Å²) in [6.07, 6.45) is 4.59. The predicted octanol–water partition coefficient (Wildman–Crippen LogP) is 4.80. The van der Waals surface area contributed by atoms with Crippen LogP contribution in [0.5, 0.6) is 5.75 Å². The topological polar surface area (TPSA) is 53.0 Å². The summed E-state index contributed by atoms with van der Waals surface area (Å²) in [5.41, 5.74) is 1.25. The van der Waals surface area contributed by atoms with E-state index in [-0.39, 0.29) is 6.10 Å². The molecule has 4 rings (SSSR count). The van der Waals surface area contributed by atoms with Gasteiger partial charge >= 0.3 is 5.97 Å². The number of nitrogens with zero attached hydrogens (tertiary/aromatic N) is 2. The molecule has 0 bridgehead atoms. The SMILES string of the molecule is O=C(O)c1ccccc1N1CCC(CN2CCC(Oc3ccc(Cl)cc3)CC2)CC1. The van der Waals surface area contributed by atoms with Crippen LogP contribution in [0.25, 0.3) is 0 Å². The van der Waals surface area contributed by atoms with Gasteiger partial charge in [0.25, 0.3) is 0 Å².